The van der Waals surface area contributed by atoms with Crippen molar-refractivity contribution in [1.82, 2.24) is 15.1 Å². The highest BCUT2D eigenvalue weighted by Gasteiger charge is 2.35. The van der Waals surface area contributed by atoms with E-state index < -0.39 is 11.2 Å². The predicted octanol–water partition coefficient (Wildman–Crippen LogP) is 2.70. The van der Waals surface area contributed by atoms with Gasteiger partial charge in [0.05, 0.1) is 0 Å². The van der Waals surface area contributed by atoms with Gasteiger partial charge in [-0.3, -0.25) is 0 Å². The van der Waals surface area contributed by atoms with E-state index in [1.54, 1.807) is 0 Å². The lowest BCUT2D eigenvalue weighted by Crippen LogP contribution is -2.29. The van der Waals surface area contributed by atoms with E-state index in [1.165, 1.54) is 0 Å². The Morgan fingerprint density at radius 1 is 1.22 bits per heavy atom. The highest BCUT2D eigenvalue weighted by atomic mass is 32.1. The number of halogens is 3. The molecule has 0 spiro atoms. The lowest BCUT2D eigenvalue weighted by Gasteiger charge is -2.19. The molecule has 1 N–H and O–H groups in total. The number of nitrogens with zero attached hydrogens (tertiary/aromatic N) is 3. The van der Waals surface area contributed by atoms with E-state index in [9.17, 15) is 13.2 Å². The number of rotatable bonds is 7. The van der Waals surface area contributed by atoms with Crippen LogP contribution >= 0.6 is 11.3 Å². The first-order valence-corrected chi connectivity index (χ1v) is 6.66. The van der Waals surface area contributed by atoms with E-state index >= 15 is 0 Å². The molecule has 4 nitrogen and oxygen atoms in total. The van der Waals surface area contributed by atoms with Gasteiger partial charge < -0.3 is 10.2 Å². The molecule has 8 heteroatoms. The summed E-state index contributed by atoms with van der Waals surface area (Å²) < 4.78 is 36.8. The monoisotopic (exact) mass is 282 g/mol. The van der Waals surface area contributed by atoms with E-state index in [2.05, 4.69) is 34.3 Å². The van der Waals surface area contributed by atoms with Gasteiger partial charge in [0.25, 0.3) is 0 Å². The zero-order valence-electron chi connectivity index (χ0n) is 10.4. The average Bonchev–Trinajstić information content (AvgIpc) is 2.76. The van der Waals surface area contributed by atoms with Crippen LogP contribution in [0.3, 0.4) is 0 Å². The Morgan fingerprint density at radius 3 is 2.44 bits per heavy atom. The molecule has 0 aromatic carbocycles. The molecular weight excluding hydrogens is 265 g/mol. The average molecular weight is 282 g/mol. The van der Waals surface area contributed by atoms with Gasteiger partial charge in [0.15, 0.2) is 0 Å². The van der Waals surface area contributed by atoms with Crippen molar-refractivity contribution in [3.63, 3.8) is 0 Å². The topological polar surface area (TPSA) is 41.0 Å². The number of alkyl halides is 3. The third-order valence-electron chi connectivity index (χ3n) is 2.36. The van der Waals surface area contributed by atoms with Crippen LogP contribution in [-0.2, 0) is 6.18 Å². The maximum Gasteiger partial charge on any atom is 0.445 e. The maximum absolute atomic E-state index is 12.3. The van der Waals surface area contributed by atoms with Gasteiger partial charge in [-0.15, -0.1) is 10.2 Å². The Balaban J connectivity index is 2.37. The number of anilines is 1. The molecule has 0 saturated heterocycles. The summed E-state index contributed by atoms with van der Waals surface area (Å²) in [5.74, 6) is 0. The van der Waals surface area contributed by atoms with Gasteiger partial charge >= 0.3 is 6.18 Å². The minimum atomic E-state index is -4.41. The van der Waals surface area contributed by atoms with Gasteiger partial charge in [0, 0.05) is 13.1 Å². The molecule has 104 valence electrons. The van der Waals surface area contributed by atoms with Crippen molar-refractivity contribution in [1.29, 1.82) is 0 Å². The van der Waals surface area contributed by atoms with E-state index in [-0.39, 0.29) is 5.13 Å². The molecule has 1 aromatic heterocycles. The molecule has 0 unspecified atom stereocenters. The third-order valence-corrected chi connectivity index (χ3v) is 3.28. The Hall–Kier alpha value is -0.890. The molecule has 0 amide bonds. The van der Waals surface area contributed by atoms with Crippen molar-refractivity contribution in [2.24, 2.45) is 0 Å². The van der Waals surface area contributed by atoms with Gasteiger partial charge in [0.1, 0.15) is 0 Å². The second kappa shape index (κ2) is 6.89. The highest BCUT2D eigenvalue weighted by molar-refractivity contribution is 7.15. The zero-order valence-corrected chi connectivity index (χ0v) is 11.2. The second-order valence-corrected chi connectivity index (χ2v) is 4.75. The van der Waals surface area contributed by atoms with E-state index in [0.29, 0.717) is 17.9 Å². The fourth-order valence-electron chi connectivity index (χ4n) is 1.47. The zero-order chi connectivity index (χ0) is 13.6. The van der Waals surface area contributed by atoms with Gasteiger partial charge in [-0.1, -0.05) is 25.2 Å². The van der Waals surface area contributed by atoms with Crippen LogP contribution in [0, 0.1) is 0 Å². The molecule has 1 heterocycles. The van der Waals surface area contributed by atoms with Gasteiger partial charge in [0.2, 0.25) is 10.1 Å². The van der Waals surface area contributed by atoms with Crippen molar-refractivity contribution in [3.8, 4) is 0 Å². The Morgan fingerprint density at radius 2 is 1.94 bits per heavy atom. The second-order valence-electron chi connectivity index (χ2n) is 3.77. The van der Waals surface area contributed by atoms with Gasteiger partial charge in [-0.2, -0.15) is 13.2 Å². The molecule has 0 saturated carbocycles. The molecule has 0 fully saturated rings. The fourth-order valence-corrected chi connectivity index (χ4v) is 2.11. The third kappa shape index (κ3) is 4.77. The number of hydrogen-bond acceptors (Lipinski definition) is 5. The van der Waals surface area contributed by atoms with Gasteiger partial charge in [-0.05, 0) is 19.5 Å². The maximum atomic E-state index is 12.3. The molecule has 0 aliphatic carbocycles. The largest absolute Gasteiger partial charge is 0.445 e. The number of likely N-dealkylation sites (N-methyl/N-ethyl adjacent to an activating group) is 1. The summed E-state index contributed by atoms with van der Waals surface area (Å²) in [5.41, 5.74) is 0. The highest BCUT2D eigenvalue weighted by Crippen LogP contribution is 2.32. The molecule has 0 aliphatic heterocycles. The van der Waals surface area contributed by atoms with Crippen LogP contribution in [-0.4, -0.2) is 41.3 Å². The summed E-state index contributed by atoms with van der Waals surface area (Å²) >= 11 is 0.536. The fraction of sp³-hybridized carbons (Fsp3) is 0.800. The smallest absolute Gasteiger partial charge is 0.359 e. The normalized spacial score (nSPS) is 12.1. The number of aromatic nitrogens is 2. The first-order chi connectivity index (χ1) is 8.47. The van der Waals surface area contributed by atoms with E-state index in [4.69, 9.17) is 0 Å². The number of nitrogens with one attached hydrogen (secondary N) is 1. The number of hydrogen-bond donors (Lipinski definition) is 1. The molecule has 18 heavy (non-hydrogen) atoms. The Labute approximate surface area is 108 Å². The van der Waals surface area contributed by atoms with Crippen LogP contribution < -0.4 is 5.32 Å². The van der Waals surface area contributed by atoms with Crippen LogP contribution in [0.5, 0.6) is 0 Å². The summed E-state index contributed by atoms with van der Waals surface area (Å²) in [6, 6.07) is 0. The van der Waals surface area contributed by atoms with Crippen LogP contribution in [0.4, 0.5) is 18.3 Å². The Kier molecular flexibility index (Phi) is 5.80. The van der Waals surface area contributed by atoms with Crippen LogP contribution in [0.1, 0.15) is 25.3 Å². The SMILES string of the molecule is CCCN(CC)CCNc1nnc(C(F)(F)F)s1. The summed E-state index contributed by atoms with van der Waals surface area (Å²) in [4.78, 5) is 2.22. The van der Waals surface area contributed by atoms with E-state index in [1.807, 2.05) is 0 Å². The Bertz CT molecular complexity index is 353. The minimum absolute atomic E-state index is 0.217. The quantitative estimate of drug-likeness (QED) is 0.835. The molecule has 0 aliphatic rings. The standard InChI is InChI=1S/C10H17F3N4S/c1-3-6-17(4-2)7-5-14-9-16-15-8(18-9)10(11,12)13/h3-7H2,1-2H3,(H,14,16). The molecule has 0 bridgehead atoms. The van der Waals surface area contributed by atoms with Crippen LogP contribution in [0.15, 0.2) is 0 Å². The van der Waals surface area contributed by atoms with Crippen molar-refractivity contribution in [3.05, 3.63) is 5.01 Å². The molecule has 0 atom stereocenters. The lowest BCUT2D eigenvalue weighted by atomic mass is 10.4. The lowest BCUT2D eigenvalue weighted by molar-refractivity contribution is -0.138. The van der Waals surface area contributed by atoms with Crippen molar-refractivity contribution in [2.45, 2.75) is 26.4 Å². The van der Waals surface area contributed by atoms with E-state index in [0.717, 1.165) is 26.1 Å². The minimum Gasteiger partial charge on any atom is -0.359 e. The van der Waals surface area contributed by atoms with Crippen LogP contribution in [0.25, 0.3) is 0 Å². The summed E-state index contributed by atoms with van der Waals surface area (Å²) in [6.07, 6.45) is -3.35. The summed E-state index contributed by atoms with van der Waals surface area (Å²) in [5, 5.41) is 8.75. The summed E-state index contributed by atoms with van der Waals surface area (Å²) in [7, 11) is 0. The predicted molar refractivity (Wildman–Crippen MR) is 65.8 cm³/mol. The first kappa shape index (κ1) is 15.2. The van der Waals surface area contributed by atoms with Crippen molar-refractivity contribution >= 4 is 16.5 Å². The first-order valence-electron chi connectivity index (χ1n) is 5.84. The van der Waals surface area contributed by atoms with Crippen molar-refractivity contribution < 1.29 is 13.2 Å². The molecular formula is C10H17F3N4S. The molecule has 1 aromatic rings. The van der Waals surface area contributed by atoms with Crippen molar-refractivity contribution in [2.75, 3.05) is 31.5 Å². The molecule has 0 radical (unpaired) electrons. The molecule has 1 rings (SSSR count). The van der Waals surface area contributed by atoms with Gasteiger partial charge in [-0.25, -0.2) is 0 Å². The van der Waals surface area contributed by atoms with Crippen LogP contribution in [0.2, 0.25) is 0 Å². The summed E-state index contributed by atoms with van der Waals surface area (Å²) in [6.45, 7) is 7.42.